The Labute approximate surface area is 117 Å². The van der Waals surface area contributed by atoms with Crippen LogP contribution in [-0.2, 0) is 0 Å². The summed E-state index contributed by atoms with van der Waals surface area (Å²) in [4.78, 5) is 6.70. The second-order valence-electron chi connectivity index (χ2n) is 5.42. The minimum absolute atomic E-state index is 0.305. The number of pyridine rings is 1. The zero-order valence-electron chi connectivity index (χ0n) is 11.7. The van der Waals surface area contributed by atoms with Crippen LogP contribution in [0.1, 0.15) is 32.6 Å². The van der Waals surface area contributed by atoms with E-state index >= 15 is 0 Å². The van der Waals surface area contributed by atoms with Gasteiger partial charge in [0.1, 0.15) is 5.82 Å². The molecule has 0 aromatic carbocycles. The van der Waals surface area contributed by atoms with Gasteiger partial charge in [-0.3, -0.25) is 0 Å². The van der Waals surface area contributed by atoms with Crippen molar-refractivity contribution in [2.75, 3.05) is 11.4 Å². The van der Waals surface area contributed by atoms with E-state index in [4.69, 9.17) is 5.73 Å². The summed E-state index contributed by atoms with van der Waals surface area (Å²) in [5.74, 6) is 0.374. The molecule has 2 aromatic rings. The standard InChI is InChI=1S/C14H20FN5/c1-2-19(12-6-4-11(16)5-7-12)14-17-13-8-3-10(15)9-20(13)18-14/h3,8-9,11-12H,2,4-7,16H2,1H3. The van der Waals surface area contributed by atoms with E-state index < -0.39 is 0 Å². The molecule has 1 saturated carbocycles. The van der Waals surface area contributed by atoms with Crippen LogP contribution in [0.15, 0.2) is 18.3 Å². The van der Waals surface area contributed by atoms with Gasteiger partial charge in [0.25, 0.3) is 0 Å². The number of nitrogens with two attached hydrogens (primary N) is 1. The number of halogens is 1. The second-order valence-corrected chi connectivity index (χ2v) is 5.42. The topological polar surface area (TPSA) is 59.5 Å². The van der Waals surface area contributed by atoms with E-state index in [0.717, 1.165) is 32.2 Å². The van der Waals surface area contributed by atoms with Crippen LogP contribution in [0.4, 0.5) is 10.3 Å². The van der Waals surface area contributed by atoms with Gasteiger partial charge in [-0.15, -0.1) is 5.10 Å². The van der Waals surface area contributed by atoms with Crippen LogP contribution in [0.2, 0.25) is 0 Å². The second kappa shape index (κ2) is 5.36. The quantitative estimate of drug-likeness (QED) is 0.931. The number of hydrogen-bond donors (Lipinski definition) is 1. The maximum Gasteiger partial charge on any atom is 0.245 e. The Hall–Kier alpha value is -1.69. The lowest BCUT2D eigenvalue weighted by atomic mass is 9.91. The largest absolute Gasteiger partial charge is 0.337 e. The molecule has 6 heteroatoms. The molecule has 0 saturated heterocycles. The first-order chi connectivity index (χ1) is 9.67. The Morgan fingerprint density at radius 1 is 1.35 bits per heavy atom. The first-order valence-electron chi connectivity index (χ1n) is 7.21. The molecule has 3 rings (SSSR count). The van der Waals surface area contributed by atoms with Gasteiger partial charge in [0.2, 0.25) is 5.95 Å². The van der Waals surface area contributed by atoms with E-state index in [1.54, 1.807) is 6.07 Å². The molecule has 0 bridgehead atoms. The smallest absolute Gasteiger partial charge is 0.245 e. The molecule has 1 fully saturated rings. The van der Waals surface area contributed by atoms with E-state index in [-0.39, 0.29) is 5.82 Å². The van der Waals surface area contributed by atoms with E-state index in [1.807, 2.05) is 0 Å². The molecule has 0 radical (unpaired) electrons. The third-order valence-corrected chi connectivity index (χ3v) is 4.06. The number of fused-ring (bicyclic) bond motifs is 1. The molecule has 1 aliphatic carbocycles. The molecule has 108 valence electrons. The molecule has 0 aliphatic heterocycles. The summed E-state index contributed by atoms with van der Waals surface area (Å²) < 4.78 is 14.7. The van der Waals surface area contributed by atoms with Gasteiger partial charge in [0.15, 0.2) is 5.65 Å². The lowest BCUT2D eigenvalue weighted by molar-refractivity contribution is 0.375. The van der Waals surface area contributed by atoms with Crippen LogP contribution in [0, 0.1) is 5.82 Å². The molecule has 2 aromatic heterocycles. The van der Waals surface area contributed by atoms with Crippen LogP contribution in [0.3, 0.4) is 0 Å². The van der Waals surface area contributed by atoms with Gasteiger partial charge < -0.3 is 10.6 Å². The Bertz CT molecular complexity index is 588. The molecule has 2 heterocycles. The molecule has 0 unspecified atom stereocenters. The van der Waals surface area contributed by atoms with Crippen LogP contribution in [0.5, 0.6) is 0 Å². The maximum absolute atomic E-state index is 13.2. The SMILES string of the molecule is CCN(c1nc2ccc(F)cn2n1)C1CCC(N)CC1. The maximum atomic E-state index is 13.2. The average molecular weight is 277 g/mol. The van der Waals surface area contributed by atoms with Gasteiger partial charge in [0, 0.05) is 18.6 Å². The van der Waals surface area contributed by atoms with Gasteiger partial charge in [0.05, 0.1) is 6.20 Å². The highest BCUT2D eigenvalue weighted by Gasteiger charge is 2.25. The van der Waals surface area contributed by atoms with Gasteiger partial charge in [-0.1, -0.05) is 0 Å². The molecule has 0 spiro atoms. The molecular formula is C14H20FN5. The highest BCUT2D eigenvalue weighted by molar-refractivity contribution is 5.45. The van der Waals surface area contributed by atoms with Gasteiger partial charge in [-0.2, -0.15) is 4.98 Å². The minimum atomic E-state index is -0.305. The van der Waals surface area contributed by atoms with Crippen molar-refractivity contribution < 1.29 is 4.39 Å². The van der Waals surface area contributed by atoms with Crippen molar-refractivity contribution in [2.24, 2.45) is 5.73 Å². The molecule has 5 nitrogen and oxygen atoms in total. The number of rotatable bonds is 3. The van der Waals surface area contributed by atoms with Gasteiger partial charge in [-0.25, -0.2) is 8.91 Å². The summed E-state index contributed by atoms with van der Waals surface area (Å²) in [6.07, 6.45) is 5.58. The molecule has 20 heavy (non-hydrogen) atoms. The lowest BCUT2D eigenvalue weighted by Gasteiger charge is -2.34. The summed E-state index contributed by atoms with van der Waals surface area (Å²) in [7, 11) is 0. The Balaban J connectivity index is 1.87. The van der Waals surface area contributed by atoms with Crippen LogP contribution in [-0.4, -0.2) is 33.2 Å². The Kier molecular flexibility index (Phi) is 3.56. The summed E-state index contributed by atoms with van der Waals surface area (Å²) in [5.41, 5.74) is 6.63. The van der Waals surface area contributed by atoms with E-state index in [9.17, 15) is 4.39 Å². The minimum Gasteiger partial charge on any atom is -0.337 e. The summed E-state index contributed by atoms with van der Waals surface area (Å²) in [6.45, 7) is 2.94. The zero-order valence-corrected chi connectivity index (χ0v) is 11.7. The number of hydrogen-bond acceptors (Lipinski definition) is 4. The van der Waals surface area contributed by atoms with Crippen molar-refractivity contribution >= 4 is 11.6 Å². The third kappa shape index (κ3) is 2.47. The number of aromatic nitrogens is 3. The number of nitrogens with zero attached hydrogens (tertiary/aromatic N) is 4. The fraction of sp³-hybridized carbons (Fsp3) is 0.571. The monoisotopic (exact) mass is 277 g/mol. The fourth-order valence-corrected chi connectivity index (χ4v) is 2.94. The fourth-order valence-electron chi connectivity index (χ4n) is 2.94. The molecule has 0 amide bonds. The van der Waals surface area contributed by atoms with E-state index in [0.29, 0.717) is 23.7 Å². The van der Waals surface area contributed by atoms with Gasteiger partial charge >= 0.3 is 0 Å². The summed E-state index contributed by atoms with van der Waals surface area (Å²) in [6, 6.07) is 3.82. The normalized spacial score (nSPS) is 23.1. The average Bonchev–Trinajstić information content (AvgIpc) is 2.84. The predicted octanol–water partition coefficient (Wildman–Crippen LogP) is 1.96. The lowest BCUT2D eigenvalue weighted by Crippen LogP contribution is -2.41. The highest BCUT2D eigenvalue weighted by atomic mass is 19.1. The van der Waals surface area contributed by atoms with Crippen molar-refractivity contribution in [3.8, 4) is 0 Å². The van der Waals surface area contributed by atoms with E-state index in [2.05, 4.69) is 21.9 Å². The molecular weight excluding hydrogens is 257 g/mol. The van der Waals surface area contributed by atoms with Crippen molar-refractivity contribution in [3.63, 3.8) is 0 Å². The van der Waals surface area contributed by atoms with Crippen molar-refractivity contribution in [1.82, 2.24) is 14.6 Å². The first kappa shape index (κ1) is 13.3. The molecule has 0 atom stereocenters. The molecule has 1 aliphatic rings. The summed E-state index contributed by atoms with van der Waals surface area (Å²) in [5, 5.41) is 4.40. The first-order valence-corrected chi connectivity index (χ1v) is 7.21. The predicted molar refractivity (Wildman–Crippen MR) is 76.2 cm³/mol. The van der Waals surface area contributed by atoms with E-state index in [1.165, 1.54) is 16.8 Å². The highest BCUT2D eigenvalue weighted by Crippen LogP contribution is 2.25. The molecule has 2 N–H and O–H groups in total. The Morgan fingerprint density at radius 2 is 2.10 bits per heavy atom. The number of anilines is 1. The van der Waals surface area contributed by atoms with Crippen molar-refractivity contribution in [2.45, 2.75) is 44.7 Å². The summed E-state index contributed by atoms with van der Waals surface area (Å²) >= 11 is 0. The Morgan fingerprint density at radius 3 is 2.80 bits per heavy atom. The van der Waals surface area contributed by atoms with Crippen molar-refractivity contribution in [1.29, 1.82) is 0 Å². The van der Waals surface area contributed by atoms with Gasteiger partial charge in [-0.05, 0) is 44.7 Å². The van der Waals surface area contributed by atoms with Crippen LogP contribution < -0.4 is 10.6 Å². The van der Waals surface area contributed by atoms with Crippen molar-refractivity contribution in [3.05, 3.63) is 24.1 Å². The third-order valence-electron chi connectivity index (χ3n) is 4.06. The zero-order chi connectivity index (χ0) is 14.1. The van der Waals surface area contributed by atoms with Crippen LogP contribution >= 0.6 is 0 Å². The van der Waals surface area contributed by atoms with Crippen LogP contribution in [0.25, 0.3) is 5.65 Å².